The van der Waals surface area contributed by atoms with Gasteiger partial charge in [0, 0.05) is 43.6 Å². The number of rotatable bonds is 4. The lowest BCUT2D eigenvalue weighted by molar-refractivity contribution is -0.128. The molecule has 29 heavy (non-hydrogen) atoms. The van der Waals surface area contributed by atoms with Crippen molar-refractivity contribution in [2.24, 2.45) is 11.1 Å². The molecule has 152 valence electrons. The van der Waals surface area contributed by atoms with Crippen molar-refractivity contribution in [3.05, 3.63) is 46.6 Å². The molecule has 3 aliphatic rings. The van der Waals surface area contributed by atoms with Crippen LogP contribution in [0.3, 0.4) is 0 Å². The van der Waals surface area contributed by atoms with E-state index in [1.165, 1.54) is 0 Å². The van der Waals surface area contributed by atoms with Crippen molar-refractivity contribution < 1.29 is 18.8 Å². The van der Waals surface area contributed by atoms with Gasteiger partial charge in [0.05, 0.1) is 5.41 Å². The van der Waals surface area contributed by atoms with E-state index in [0.29, 0.717) is 56.3 Å². The summed E-state index contributed by atoms with van der Waals surface area (Å²) in [5.41, 5.74) is 7.39. The number of nitrogens with two attached hydrogens (primary N) is 1. The molecule has 2 saturated heterocycles. The second kappa shape index (κ2) is 6.95. The van der Waals surface area contributed by atoms with Crippen LogP contribution >= 0.6 is 0 Å². The van der Waals surface area contributed by atoms with Crippen LogP contribution in [0.2, 0.25) is 0 Å². The van der Waals surface area contributed by atoms with Gasteiger partial charge >= 0.3 is 0 Å². The minimum atomic E-state index is -0.590. The largest absolute Gasteiger partial charge is 0.381 e. The van der Waals surface area contributed by atoms with Crippen molar-refractivity contribution in [2.75, 3.05) is 19.8 Å². The van der Waals surface area contributed by atoms with Crippen molar-refractivity contribution in [3.8, 4) is 0 Å². The smallest absolute Gasteiger partial charge is 0.248 e. The topological polar surface area (TPSA) is 120 Å². The fourth-order valence-corrected chi connectivity index (χ4v) is 5.23. The lowest BCUT2D eigenvalue weighted by atomic mass is 9.73. The van der Waals surface area contributed by atoms with Crippen LogP contribution in [-0.2, 0) is 22.4 Å². The highest BCUT2D eigenvalue weighted by atomic mass is 16.5. The molecular formula is C21H24N4O4. The zero-order valence-corrected chi connectivity index (χ0v) is 16.1. The normalized spacial score (nSPS) is 26.6. The van der Waals surface area contributed by atoms with E-state index in [4.69, 9.17) is 15.0 Å². The molecule has 8 heteroatoms. The first-order chi connectivity index (χ1) is 14.1. The van der Waals surface area contributed by atoms with Gasteiger partial charge in [0.1, 0.15) is 0 Å². The SMILES string of the molecule is NC(=O)c1cccc2c1CC1(CCNC1=O)C2Cc1noc(C2CCOCC2)n1. The number of primary amides is 1. The van der Waals surface area contributed by atoms with Gasteiger partial charge in [-0.3, -0.25) is 9.59 Å². The van der Waals surface area contributed by atoms with E-state index in [1.54, 1.807) is 6.07 Å². The first kappa shape index (κ1) is 18.3. The van der Waals surface area contributed by atoms with E-state index in [2.05, 4.69) is 15.5 Å². The molecule has 1 aromatic heterocycles. The van der Waals surface area contributed by atoms with E-state index >= 15 is 0 Å². The van der Waals surface area contributed by atoms with Crippen molar-refractivity contribution >= 4 is 11.8 Å². The van der Waals surface area contributed by atoms with E-state index in [-0.39, 0.29) is 17.7 Å². The van der Waals surface area contributed by atoms with E-state index in [0.717, 1.165) is 24.0 Å². The highest BCUT2D eigenvalue weighted by Gasteiger charge is 2.54. The number of nitrogens with zero attached hydrogens (tertiary/aromatic N) is 2. The maximum absolute atomic E-state index is 12.9. The number of amides is 2. The Morgan fingerprint density at radius 1 is 1.31 bits per heavy atom. The maximum atomic E-state index is 12.9. The minimum absolute atomic E-state index is 0.0299. The number of hydrogen-bond donors (Lipinski definition) is 2. The standard InChI is InChI=1S/C21H24N4O4/c22-18(26)14-3-1-2-13-15(14)11-21(6-7-23-20(21)27)16(13)10-17-24-19(29-25-17)12-4-8-28-9-5-12/h1-3,12,16H,4-11H2,(H2,22,26)(H,23,27). The molecule has 2 fully saturated rings. The fourth-order valence-electron chi connectivity index (χ4n) is 5.23. The first-order valence-electron chi connectivity index (χ1n) is 10.2. The third kappa shape index (κ3) is 2.93. The van der Waals surface area contributed by atoms with Gasteiger partial charge in [-0.2, -0.15) is 4.98 Å². The Kier molecular flexibility index (Phi) is 4.38. The summed E-state index contributed by atoms with van der Waals surface area (Å²) in [5, 5.41) is 7.19. The second-order valence-electron chi connectivity index (χ2n) is 8.27. The molecule has 5 rings (SSSR count). The molecule has 2 aromatic rings. The Morgan fingerprint density at radius 3 is 2.86 bits per heavy atom. The number of benzene rings is 1. The van der Waals surface area contributed by atoms with Gasteiger partial charge in [-0.1, -0.05) is 17.3 Å². The lowest BCUT2D eigenvalue weighted by Gasteiger charge is -2.28. The van der Waals surface area contributed by atoms with Crippen LogP contribution in [0.5, 0.6) is 0 Å². The van der Waals surface area contributed by atoms with Crippen molar-refractivity contribution in [1.29, 1.82) is 0 Å². The van der Waals surface area contributed by atoms with Crippen LogP contribution in [0.25, 0.3) is 0 Å². The van der Waals surface area contributed by atoms with Crippen LogP contribution in [0.1, 0.15) is 64.3 Å². The number of hydrogen-bond acceptors (Lipinski definition) is 6. The molecule has 0 radical (unpaired) electrons. The van der Waals surface area contributed by atoms with Crippen LogP contribution in [0.4, 0.5) is 0 Å². The van der Waals surface area contributed by atoms with Crippen LogP contribution < -0.4 is 11.1 Å². The third-order valence-electron chi connectivity index (χ3n) is 6.76. The number of carbonyl (C=O) groups is 2. The number of fused-ring (bicyclic) bond motifs is 1. The molecule has 1 aromatic carbocycles. The monoisotopic (exact) mass is 396 g/mol. The fraction of sp³-hybridized carbons (Fsp3) is 0.524. The number of aromatic nitrogens is 2. The number of carbonyl (C=O) groups excluding carboxylic acids is 2. The molecule has 3 N–H and O–H groups in total. The van der Waals surface area contributed by atoms with Gasteiger partial charge in [0.25, 0.3) is 0 Å². The van der Waals surface area contributed by atoms with Crippen LogP contribution in [0.15, 0.2) is 22.7 Å². The van der Waals surface area contributed by atoms with Gasteiger partial charge in [0.15, 0.2) is 5.82 Å². The lowest BCUT2D eigenvalue weighted by Crippen LogP contribution is -2.36. The second-order valence-corrected chi connectivity index (χ2v) is 8.27. The molecule has 0 bridgehead atoms. The van der Waals surface area contributed by atoms with Gasteiger partial charge < -0.3 is 20.3 Å². The van der Waals surface area contributed by atoms with Crippen LogP contribution in [-0.4, -0.2) is 41.7 Å². The Labute approximate surface area is 168 Å². The van der Waals surface area contributed by atoms with Gasteiger partial charge in [0.2, 0.25) is 17.7 Å². The van der Waals surface area contributed by atoms with Gasteiger partial charge in [-0.15, -0.1) is 0 Å². The highest BCUT2D eigenvalue weighted by Crippen LogP contribution is 2.53. The molecule has 3 heterocycles. The molecule has 2 amide bonds. The minimum Gasteiger partial charge on any atom is -0.381 e. The van der Waals surface area contributed by atoms with Crippen LogP contribution in [0, 0.1) is 5.41 Å². The molecule has 2 aliphatic heterocycles. The summed E-state index contributed by atoms with van der Waals surface area (Å²) in [4.78, 5) is 29.5. The van der Waals surface area contributed by atoms with Crippen molar-refractivity contribution in [1.82, 2.24) is 15.5 Å². The Hall–Kier alpha value is -2.74. The van der Waals surface area contributed by atoms with Crippen molar-refractivity contribution in [3.63, 3.8) is 0 Å². The quantitative estimate of drug-likeness (QED) is 0.807. The zero-order valence-electron chi connectivity index (χ0n) is 16.1. The average Bonchev–Trinajstić information content (AvgIpc) is 3.42. The summed E-state index contributed by atoms with van der Waals surface area (Å²) >= 11 is 0. The predicted molar refractivity (Wildman–Crippen MR) is 102 cm³/mol. The molecule has 0 saturated carbocycles. The summed E-state index contributed by atoms with van der Waals surface area (Å²) in [6.07, 6.45) is 3.48. The predicted octanol–water partition coefficient (Wildman–Crippen LogP) is 1.45. The maximum Gasteiger partial charge on any atom is 0.248 e. The molecule has 2 atom stereocenters. The highest BCUT2D eigenvalue weighted by molar-refractivity contribution is 5.96. The van der Waals surface area contributed by atoms with Gasteiger partial charge in [-0.05, 0) is 42.9 Å². The molecular weight excluding hydrogens is 372 g/mol. The summed E-state index contributed by atoms with van der Waals surface area (Å²) < 4.78 is 11.0. The summed E-state index contributed by atoms with van der Waals surface area (Å²) in [6, 6.07) is 5.56. The number of nitrogens with one attached hydrogen (secondary N) is 1. The average molecular weight is 396 g/mol. The Bertz CT molecular complexity index is 965. The summed E-state index contributed by atoms with van der Waals surface area (Å²) in [7, 11) is 0. The Morgan fingerprint density at radius 2 is 2.14 bits per heavy atom. The van der Waals surface area contributed by atoms with Gasteiger partial charge in [-0.25, -0.2) is 0 Å². The first-order valence-corrected chi connectivity index (χ1v) is 10.2. The summed E-state index contributed by atoms with van der Waals surface area (Å²) in [6.45, 7) is 2.05. The number of ether oxygens (including phenoxy) is 1. The van der Waals surface area contributed by atoms with E-state index < -0.39 is 11.3 Å². The van der Waals surface area contributed by atoms with E-state index in [9.17, 15) is 9.59 Å². The Balaban J connectivity index is 1.49. The zero-order chi connectivity index (χ0) is 20.0. The summed E-state index contributed by atoms with van der Waals surface area (Å²) in [5.74, 6) is 0.940. The molecule has 1 spiro atoms. The molecule has 2 unspecified atom stereocenters. The van der Waals surface area contributed by atoms with Crippen molar-refractivity contribution in [2.45, 2.75) is 43.9 Å². The third-order valence-corrected chi connectivity index (χ3v) is 6.76. The molecule has 1 aliphatic carbocycles. The van der Waals surface area contributed by atoms with E-state index in [1.807, 2.05) is 12.1 Å². The molecule has 8 nitrogen and oxygen atoms in total.